The van der Waals surface area contributed by atoms with E-state index < -0.39 is 9.84 Å². The van der Waals surface area contributed by atoms with Crippen molar-refractivity contribution in [2.75, 3.05) is 18.0 Å². The molecule has 7 heteroatoms. The SMILES string of the molecule is CCc1ccc(S(=O)(=O)c2nc(-c3cccc(Br)c3)oc2N2CCCCC2)cc1. The number of oxazole rings is 1. The summed E-state index contributed by atoms with van der Waals surface area (Å²) in [6.07, 6.45) is 4.02. The van der Waals surface area contributed by atoms with Crippen molar-refractivity contribution in [3.05, 3.63) is 58.6 Å². The molecule has 1 saturated heterocycles. The van der Waals surface area contributed by atoms with Crippen LogP contribution in [-0.2, 0) is 16.3 Å². The molecule has 0 radical (unpaired) electrons. The molecule has 29 heavy (non-hydrogen) atoms. The van der Waals surface area contributed by atoms with E-state index in [1.165, 1.54) is 0 Å². The number of rotatable bonds is 5. The number of halogens is 1. The molecule has 1 fully saturated rings. The van der Waals surface area contributed by atoms with Gasteiger partial charge < -0.3 is 9.32 Å². The second kappa shape index (κ2) is 8.32. The van der Waals surface area contributed by atoms with Gasteiger partial charge in [0.1, 0.15) is 0 Å². The summed E-state index contributed by atoms with van der Waals surface area (Å²) in [5, 5.41) is -0.00127. The van der Waals surface area contributed by atoms with Crippen LogP contribution in [-0.4, -0.2) is 26.5 Å². The van der Waals surface area contributed by atoms with Gasteiger partial charge in [0, 0.05) is 23.1 Å². The molecule has 0 unspecified atom stereocenters. The lowest BCUT2D eigenvalue weighted by Crippen LogP contribution is -2.30. The van der Waals surface area contributed by atoms with E-state index in [1.807, 2.05) is 48.2 Å². The minimum absolute atomic E-state index is 0.00127. The van der Waals surface area contributed by atoms with Crippen molar-refractivity contribution in [1.82, 2.24) is 4.98 Å². The van der Waals surface area contributed by atoms with E-state index in [1.54, 1.807) is 12.1 Å². The average molecular weight is 475 g/mol. The fraction of sp³-hybridized carbons (Fsp3) is 0.318. The average Bonchev–Trinajstić information content (AvgIpc) is 3.21. The van der Waals surface area contributed by atoms with Crippen LogP contribution in [0.4, 0.5) is 5.88 Å². The van der Waals surface area contributed by atoms with Gasteiger partial charge in [0.05, 0.1) is 4.90 Å². The Hall–Kier alpha value is -2.12. The Balaban J connectivity index is 1.83. The summed E-state index contributed by atoms with van der Waals surface area (Å²) in [5.74, 6) is 0.662. The number of hydrogen-bond donors (Lipinski definition) is 0. The van der Waals surface area contributed by atoms with Gasteiger partial charge in [0.25, 0.3) is 0 Å². The predicted octanol–water partition coefficient (Wildman–Crippen LogP) is 5.49. The molecular formula is C22H23BrN2O3S. The molecule has 0 bridgehead atoms. The molecule has 0 aliphatic carbocycles. The van der Waals surface area contributed by atoms with E-state index >= 15 is 0 Å². The molecule has 2 aromatic carbocycles. The van der Waals surface area contributed by atoms with Crippen LogP contribution in [0.3, 0.4) is 0 Å². The summed E-state index contributed by atoms with van der Waals surface area (Å²) < 4.78 is 33.8. The summed E-state index contributed by atoms with van der Waals surface area (Å²) in [5.41, 5.74) is 1.83. The van der Waals surface area contributed by atoms with Crippen molar-refractivity contribution in [1.29, 1.82) is 0 Å². The second-order valence-corrected chi connectivity index (χ2v) is 9.97. The van der Waals surface area contributed by atoms with E-state index in [4.69, 9.17) is 4.42 Å². The summed E-state index contributed by atoms with van der Waals surface area (Å²) in [6.45, 7) is 3.58. The third-order valence-corrected chi connectivity index (χ3v) is 7.35. The van der Waals surface area contributed by atoms with Crippen LogP contribution in [0.5, 0.6) is 0 Å². The van der Waals surface area contributed by atoms with Gasteiger partial charge in [-0.1, -0.05) is 41.1 Å². The Morgan fingerprint density at radius 1 is 1.07 bits per heavy atom. The van der Waals surface area contributed by atoms with Gasteiger partial charge in [-0.05, 0) is 61.6 Å². The number of piperidine rings is 1. The van der Waals surface area contributed by atoms with Crippen LogP contribution in [0.2, 0.25) is 0 Å². The lowest BCUT2D eigenvalue weighted by atomic mass is 10.1. The minimum Gasteiger partial charge on any atom is -0.419 e. The number of hydrogen-bond acceptors (Lipinski definition) is 5. The van der Waals surface area contributed by atoms with Crippen LogP contribution in [0.15, 0.2) is 67.3 Å². The maximum atomic E-state index is 13.5. The molecule has 1 aromatic heterocycles. The number of nitrogens with zero attached hydrogens (tertiary/aromatic N) is 2. The summed E-state index contributed by atoms with van der Waals surface area (Å²) >= 11 is 3.45. The highest BCUT2D eigenvalue weighted by Crippen LogP contribution is 2.36. The third-order valence-electron chi connectivity index (χ3n) is 5.19. The number of benzene rings is 2. The van der Waals surface area contributed by atoms with Crippen molar-refractivity contribution in [3.63, 3.8) is 0 Å². The second-order valence-electron chi connectivity index (χ2n) is 7.19. The third kappa shape index (κ3) is 4.12. The molecule has 5 nitrogen and oxygen atoms in total. The zero-order valence-corrected chi connectivity index (χ0v) is 18.7. The predicted molar refractivity (Wildman–Crippen MR) is 117 cm³/mol. The van der Waals surface area contributed by atoms with E-state index in [9.17, 15) is 8.42 Å². The Morgan fingerprint density at radius 2 is 1.79 bits per heavy atom. The van der Waals surface area contributed by atoms with Gasteiger partial charge in [0.2, 0.25) is 26.6 Å². The highest BCUT2D eigenvalue weighted by Gasteiger charge is 2.32. The molecule has 0 spiro atoms. The molecule has 0 saturated carbocycles. The first-order valence-electron chi connectivity index (χ1n) is 9.85. The Kier molecular flexibility index (Phi) is 5.79. The zero-order valence-electron chi connectivity index (χ0n) is 16.3. The molecule has 4 rings (SSSR count). The fourth-order valence-electron chi connectivity index (χ4n) is 3.53. The van der Waals surface area contributed by atoms with Gasteiger partial charge in [-0.3, -0.25) is 0 Å². The fourth-order valence-corrected chi connectivity index (χ4v) is 5.25. The van der Waals surface area contributed by atoms with E-state index in [0.717, 1.165) is 54.4 Å². The summed E-state index contributed by atoms with van der Waals surface area (Å²) in [6, 6.07) is 14.5. The first kappa shape index (κ1) is 20.2. The van der Waals surface area contributed by atoms with Crippen molar-refractivity contribution in [2.45, 2.75) is 42.5 Å². The molecule has 2 heterocycles. The largest absolute Gasteiger partial charge is 0.419 e. The molecule has 0 amide bonds. The van der Waals surface area contributed by atoms with Crippen molar-refractivity contribution in [3.8, 4) is 11.5 Å². The number of aryl methyl sites for hydroxylation is 1. The number of aromatic nitrogens is 1. The Morgan fingerprint density at radius 3 is 2.45 bits per heavy atom. The van der Waals surface area contributed by atoms with E-state index in [2.05, 4.69) is 20.9 Å². The molecule has 152 valence electrons. The molecule has 0 N–H and O–H groups in total. The van der Waals surface area contributed by atoms with Crippen LogP contribution in [0.1, 0.15) is 31.7 Å². The van der Waals surface area contributed by atoms with Gasteiger partial charge in [0.15, 0.2) is 0 Å². The maximum absolute atomic E-state index is 13.5. The molecule has 1 aliphatic rings. The molecule has 0 atom stereocenters. The van der Waals surface area contributed by atoms with Crippen LogP contribution < -0.4 is 4.90 Å². The van der Waals surface area contributed by atoms with Gasteiger partial charge >= 0.3 is 0 Å². The van der Waals surface area contributed by atoms with E-state index in [-0.39, 0.29) is 9.92 Å². The van der Waals surface area contributed by atoms with Crippen LogP contribution >= 0.6 is 15.9 Å². The van der Waals surface area contributed by atoms with Gasteiger partial charge in [-0.15, -0.1) is 0 Å². The van der Waals surface area contributed by atoms with Crippen molar-refractivity contribution < 1.29 is 12.8 Å². The zero-order chi connectivity index (χ0) is 20.4. The highest BCUT2D eigenvalue weighted by atomic mass is 79.9. The normalized spacial score (nSPS) is 14.9. The van der Waals surface area contributed by atoms with E-state index in [0.29, 0.717) is 11.8 Å². The maximum Gasteiger partial charge on any atom is 0.236 e. The highest BCUT2D eigenvalue weighted by molar-refractivity contribution is 9.10. The van der Waals surface area contributed by atoms with Gasteiger partial charge in [-0.2, -0.15) is 4.98 Å². The minimum atomic E-state index is -3.80. The Labute approximate surface area is 179 Å². The quantitative estimate of drug-likeness (QED) is 0.489. The van der Waals surface area contributed by atoms with Crippen molar-refractivity contribution in [2.24, 2.45) is 0 Å². The molecule has 3 aromatic rings. The monoisotopic (exact) mass is 474 g/mol. The summed E-state index contributed by atoms with van der Waals surface area (Å²) in [4.78, 5) is 6.71. The Bertz CT molecular complexity index is 1100. The first-order chi connectivity index (χ1) is 14.0. The topological polar surface area (TPSA) is 63.4 Å². The lowest BCUT2D eigenvalue weighted by molar-refractivity contribution is 0.499. The van der Waals surface area contributed by atoms with Crippen LogP contribution in [0.25, 0.3) is 11.5 Å². The smallest absolute Gasteiger partial charge is 0.236 e. The van der Waals surface area contributed by atoms with Crippen molar-refractivity contribution >= 4 is 31.7 Å². The van der Waals surface area contributed by atoms with Crippen LogP contribution in [0, 0.1) is 0 Å². The number of sulfone groups is 1. The van der Waals surface area contributed by atoms with Gasteiger partial charge in [-0.25, -0.2) is 8.42 Å². The lowest BCUT2D eigenvalue weighted by Gasteiger charge is -2.26. The standard InChI is InChI=1S/C22H23BrN2O3S/c1-2-16-9-11-19(12-10-16)29(26,27)21-22(25-13-4-3-5-14-25)28-20(24-21)17-7-6-8-18(23)15-17/h6-12,15H,2-5,13-14H2,1H3. The first-order valence-corrected chi connectivity index (χ1v) is 12.1. The molecule has 1 aliphatic heterocycles. The number of anilines is 1. The summed E-state index contributed by atoms with van der Waals surface area (Å²) in [7, 11) is -3.80. The molecular weight excluding hydrogens is 452 g/mol.